The van der Waals surface area contributed by atoms with Gasteiger partial charge in [0.25, 0.3) is 0 Å². The van der Waals surface area contributed by atoms with Crippen LogP contribution in [0.25, 0.3) is 43.8 Å². The van der Waals surface area contributed by atoms with E-state index < -0.39 is 0 Å². The van der Waals surface area contributed by atoms with Crippen molar-refractivity contribution in [1.29, 1.82) is 0 Å². The van der Waals surface area contributed by atoms with Crippen molar-refractivity contribution >= 4 is 38.6 Å². The molecule has 0 heterocycles. The fourth-order valence-corrected chi connectivity index (χ4v) is 5.61. The molecule has 0 spiro atoms. The highest BCUT2D eigenvalue weighted by atomic mass is 15.1. The SMILES string of the molecule is c1ccc(-c2ccc(N(c3ccccc3)c3ccc4ccccc4c3-c3cccc4ccccc34)cc2)cc1. The number of anilines is 3. The predicted molar refractivity (Wildman–Crippen MR) is 167 cm³/mol. The minimum absolute atomic E-state index is 1.12. The first-order chi connectivity index (χ1) is 19.4. The van der Waals surface area contributed by atoms with E-state index in [0.29, 0.717) is 0 Å². The van der Waals surface area contributed by atoms with Crippen molar-refractivity contribution in [2.75, 3.05) is 4.90 Å². The highest BCUT2D eigenvalue weighted by Gasteiger charge is 2.20. The van der Waals surface area contributed by atoms with Crippen molar-refractivity contribution in [3.8, 4) is 22.3 Å². The minimum atomic E-state index is 1.12. The van der Waals surface area contributed by atoms with Gasteiger partial charge in [0.1, 0.15) is 0 Å². The van der Waals surface area contributed by atoms with Gasteiger partial charge >= 0.3 is 0 Å². The highest BCUT2D eigenvalue weighted by molar-refractivity contribution is 6.11. The van der Waals surface area contributed by atoms with Crippen LogP contribution in [0.1, 0.15) is 0 Å². The molecule has 0 atom stereocenters. The number of para-hydroxylation sites is 1. The van der Waals surface area contributed by atoms with Gasteiger partial charge in [0, 0.05) is 16.9 Å². The molecule has 1 heteroatoms. The minimum Gasteiger partial charge on any atom is -0.310 e. The van der Waals surface area contributed by atoms with E-state index >= 15 is 0 Å². The molecule has 0 saturated carbocycles. The van der Waals surface area contributed by atoms with Crippen molar-refractivity contribution < 1.29 is 0 Å². The lowest BCUT2D eigenvalue weighted by atomic mass is 9.91. The van der Waals surface area contributed by atoms with Crippen LogP contribution < -0.4 is 4.90 Å². The average Bonchev–Trinajstić information content (AvgIpc) is 3.02. The lowest BCUT2D eigenvalue weighted by Gasteiger charge is -2.29. The van der Waals surface area contributed by atoms with Gasteiger partial charge in [0.2, 0.25) is 0 Å². The van der Waals surface area contributed by atoms with Crippen molar-refractivity contribution in [1.82, 2.24) is 0 Å². The third-order valence-electron chi connectivity index (χ3n) is 7.45. The Labute approximate surface area is 229 Å². The lowest BCUT2D eigenvalue weighted by molar-refractivity contribution is 1.29. The van der Waals surface area contributed by atoms with E-state index in [4.69, 9.17) is 0 Å². The summed E-state index contributed by atoms with van der Waals surface area (Å²) in [6, 6.07) is 58.7. The quantitative estimate of drug-likeness (QED) is 0.229. The van der Waals surface area contributed by atoms with Crippen molar-refractivity contribution in [2.45, 2.75) is 0 Å². The van der Waals surface area contributed by atoms with E-state index in [-0.39, 0.29) is 0 Å². The topological polar surface area (TPSA) is 3.24 Å². The molecule has 0 aromatic heterocycles. The van der Waals surface area contributed by atoms with E-state index in [1.54, 1.807) is 0 Å². The lowest BCUT2D eigenvalue weighted by Crippen LogP contribution is -2.11. The first kappa shape index (κ1) is 23.0. The van der Waals surface area contributed by atoms with Crippen LogP contribution in [0.4, 0.5) is 17.1 Å². The predicted octanol–water partition coefficient (Wildman–Crippen LogP) is 10.8. The van der Waals surface area contributed by atoms with E-state index in [1.807, 2.05) is 0 Å². The molecule has 0 fully saturated rings. The first-order valence-electron chi connectivity index (χ1n) is 13.4. The molecule has 39 heavy (non-hydrogen) atoms. The van der Waals surface area contributed by atoms with Crippen LogP contribution in [-0.2, 0) is 0 Å². The van der Waals surface area contributed by atoms with Crippen molar-refractivity contribution in [2.24, 2.45) is 0 Å². The highest BCUT2D eigenvalue weighted by Crippen LogP contribution is 2.46. The van der Waals surface area contributed by atoms with Gasteiger partial charge < -0.3 is 4.90 Å². The third-order valence-corrected chi connectivity index (χ3v) is 7.45. The normalized spacial score (nSPS) is 11.1. The van der Waals surface area contributed by atoms with Crippen LogP contribution in [0.3, 0.4) is 0 Å². The van der Waals surface area contributed by atoms with Crippen molar-refractivity contribution in [3.63, 3.8) is 0 Å². The summed E-state index contributed by atoms with van der Waals surface area (Å²) in [5, 5.41) is 4.97. The van der Waals surface area contributed by atoms with Gasteiger partial charge in [-0.3, -0.25) is 0 Å². The number of benzene rings is 7. The second-order valence-electron chi connectivity index (χ2n) is 9.79. The van der Waals surface area contributed by atoms with E-state index in [0.717, 1.165) is 17.1 Å². The van der Waals surface area contributed by atoms with Gasteiger partial charge in [-0.1, -0.05) is 133 Å². The molecule has 0 saturated heterocycles. The van der Waals surface area contributed by atoms with Gasteiger partial charge in [0.15, 0.2) is 0 Å². The Morgan fingerprint density at radius 3 is 1.62 bits per heavy atom. The van der Waals surface area contributed by atoms with Gasteiger partial charge in [-0.15, -0.1) is 0 Å². The molecule has 0 aliphatic carbocycles. The third kappa shape index (κ3) is 4.24. The Balaban J connectivity index is 1.50. The van der Waals surface area contributed by atoms with Crippen molar-refractivity contribution in [3.05, 3.63) is 164 Å². The van der Waals surface area contributed by atoms with Gasteiger partial charge in [-0.2, -0.15) is 0 Å². The van der Waals surface area contributed by atoms with E-state index in [2.05, 4.69) is 169 Å². The molecule has 7 aromatic carbocycles. The maximum Gasteiger partial charge on any atom is 0.0546 e. The van der Waals surface area contributed by atoms with E-state index in [1.165, 1.54) is 43.8 Å². The zero-order chi connectivity index (χ0) is 26.0. The van der Waals surface area contributed by atoms with Gasteiger partial charge in [-0.05, 0) is 68.6 Å². The molecule has 7 aromatic rings. The first-order valence-corrected chi connectivity index (χ1v) is 13.4. The molecule has 0 aliphatic heterocycles. The summed E-state index contributed by atoms with van der Waals surface area (Å²) in [4.78, 5) is 2.39. The molecule has 7 rings (SSSR count). The smallest absolute Gasteiger partial charge is 0.0546 e. The molecule has 1 nitrogen and oxygen atoms in total. The second-order valence-corrected chi connectivity index (χ2v) is 9.79. The van der Waals surface area contributed by atoms with Crippen LogP contribution in [0.2, 0.25) is 0 Å². The van der Waals surface area contributed by atoms with Crippen LogP contribution in [0.5, 0.6) is 0 Å². The molecule has 0 bridgehead atoms. The number of nitrogens with zero attached hydrogens (tertiary/aromatic N) is 1. The van der Waals surface area contributed by atoms with Gasteiger partial charge in [0.05, 0.1) is 5.69 Å². The molecule has 0 aliphatic rings. The zero-order valence-corrected chi connectivity index (χ0v) is 21.5. The number of fused-ring (bicyclic) bond motifs is 2. The molecular weight excluding hydrogens is 470 g/mol. The Morgan fingerprint density at radius 2 is 0.872 bits per heavy atom. The molecule has 184 valence electrons. The maximum atomic E-state index is 2.39. The fraction of sp³-hybridized carbons (Fsp3) is 0. The summed E-state index contributed by atoms with van der Waals surface area (Å²) in [5.41, 5.74) is 8.31. The zero-order valence-electron chi connectivity index (χ0n) is 21.5. The average molecular weight is 498 g/mol. The summed E-state index contributed by atoms with van der Waals surface area (Å²) < 4.78 is 0. The molecule has 0 N–H and O–H groups in total. The Kier molecular flexibility index (Phi) is 5.88. The molecule has 0 unspecified atom stereocenters. The molecule has 0 amide bonds. The number of hydrogen-bond donors (Lipinski definition) is 0. The van der Waals surface area contributed by atoms with Gasteiger partial charge in [-0.25, -0.2) is 0 Å². The maximum absolute atomic E-state index is 2.39. The largest absolute Gasteiger partial charge is 0.310 e. The summed E-state index contributed by atoms with van der Waals surface area (Å²) in [5.74, 6) is 0. The van der Waals surface area contributed by atoms with Crippen LogP contribution in [0.15, 0.2) is 164 Å². The Bertz CT molecular complexity index is 1880. The summed E-state index contributed by atoms with van der Waals surface area (Å²) in [6.45, 7) is 0. The van der Waals surface area contributed by atoms with Crippen LogP contribution >= 0.6 is 0 Å². The molecular formula is C38H27N. The number of hydrogen-bond acceptors (Lipinski definition) is 1. The van der Waals surface area contributed by atoms with Crippen LogP contribution in [0, 0.1) is 0 Å². The van der Waals surface area contributed by atoms with Crippen LogP contribution in [-0.4, -0.2) is 0 Å². The number of rotatable bonds is 5. The monoisotopic (exact) mass is 497 g/mol. The van der Waals surface area contributed by atoms with E-state index in [9.17, 15) is 0 Å². The summed E-state index contributed by atoms with van der Waals surface area (Å²) >= 11 is 0. The Morgan fingerprint density at radius 1 is 0.333 bits per heavy atom. The fourth-order valence-electron chi connectivity index (χ4n) is 5.61. The summed E-state index contributed by atoms with van der Waals surface area (Å²) in [6.07, 6.45) is 0. The Hall–Kier alpha value is -5.14. The molecule has 0 radical (unpaired) electrons. The standard InChI is InChI=1S/C38H27N/c1-3-12-28(13-4-1)29-22-25-33(26-23-29)39(32-17-5-2-6-18-32)37-27-24-31-15-8-10-20-35(31)38(37)36-21-11-16-30-14-7-9-19-34(30)36/h1-27H. The summed E-state index contributed by atoms with van der Waals surface area (Å²) in [7, 11) is 0. The second kappa shape index (κ2) is 9.96.